The molecule has 1 N–H and O–H groups in total. The predicted octanol–water partition coefficient (Wildman–Crippen LogP) is 2.92. The molecule has 23 heavy (non-hydrogen) atoms. The van der Waals surface area contributed by atoms with Gasteiger partial charge in [0, 0.05) is 23.6 Å². The number of anilines is 1. The fraction of sp³-hybridized carbons (Fsp3) is 0.412. The molecule has 2 aromatic rings. The Kier molecular flexibility index (Phi) is 4.37. The van der Waals surface area contributed by atoms with Gasteiger partial charge in [-0.15, -0.1) is 11.3 Å². The summed E-state index contributed by atoms with van der Waals surface area (Å²) in [6.45, 7) is 6.32. The van der Waals surface area contributed by atoms with Gasteiger partial charge in [-0.3, -0.25) is 4.79 Å². The number of hydrogen-bond donors (Lipinski definition) is 1. The van der Waals surface area contributed by atoms with Crippen LogP contribution in [-0.4, -0.2) is 35.3 Å². The number of thiazole rings is 1. The first-order valence-corrected chi connectivity index (χ1v) is 8.50. The molecule has 1 amide bonds. The Morgan fingerprint density at radius 3 is 2.83 bits per heavy atom. The zero-order chi connectivity index (χ0) is 16.6. The van der Waals surface area contributed by atoms with Gasteiger partial charge in [0.1, 0.15) is 5.75 Å². The molecule has 0 saturated heterocycles. The van der Waals surface area contributed by atoms with E-state index < -0.39 is 6.10 Å². The average Bonchev–Trinajstić information content (AvgIpc) is 2.86. The Hall–Kier alpha value is -1.92. The minimum atomic E-state index is -0.504. The molecule has 0 aliphatic carbocycles. The molecule has 1 aromatic carbocycles. The van der Waals surface area contributed by atoms with E-state index >= 15 is 0 Å². The highest BCUT2D eigenvalue weighted by molar-refractivity contribution is 7.11. The zero-order valence-corrected chi connectivity index (χ0v) is 14.3. The molecular formula is C17H20N2O3S. The standard InChI is InChI=1S/C17H20N2O3S/c1-10-17(21)19(7-4-8-20)14-9-13(5-6-15(14)22-10)16-11(2)23-12(3)18-16/h5-6,9-10,20H,4,7-8H2,1-3H3. The Morgan fingerprint density at radius 1 is 1.39 bits per heavy atom. The van der Waals surface area contributed by atoms with Crippen LogP contribution in [0.1, 0.15) is 23.2 Å². The van der Waals surface area contributed by atoms with Crippen LogP contribution >= 0.6 is 11.3 Å². The number of aryl methyl sites for hydroxylation is 2. The number of rotatable bonds is 4. The molecule has 0 spiro atoms. The topological polar surface area (TPSA) is 62.7 Å². The van der Waals surface area contributed by atoms with Crippen molar-refractivity contribution in [2.75, 3.05) is 18.1 Å². The van der Waals surface area contributed by atoms with Crippen molar-refractivity contribution in [1.29, 1.82) is 0 Å². The van der Waals surface area contributed by atoms with Crippen molar-refractivity contribution in [2.45, 2.75) is 33.3 Å². The van der Waals surface area contributed by atoms with Crippen molar-refractivity contribution in [2.24, 2.45) is 0 Å². The second kappa shape index (κ2) is 6.29. The van der Waals surface area contributed by atoms with Crippen LogP contribution in [0.2, 0.25) is 0 Å². The first kappa shape index (κ1) is 16.0. The van der Waals surface area contributed by atoms with E-state index in [4.69, 9.17) is 9.84 Å². The average molecular weight is 332 g/mol. The van der Waals surface area contributed by atoms with Crippen LogP contribution in [0.25, 0.3) is 11.3 Å². The summed E-state index contributed by atoms with van der Waals surface area (Å²) in [5.74, 6) is 0.623. The van der Waals surface area contributed by atoms with E-state index in [2.05, 4.69) is 4.98 Å². The monoisotopic (exact) mass is 332 g/mol. The molecular weight excluding hydrogens is 312 g/mol. The Morgan fingerprint density at radius 2 is 2.17 bits per heavy atom. The lowest BCUT2D eigenvalue weighted by molar-refractivity contribution is -0.125. The maximum atomic E-state index is 12.4. The molecule has 0 saturated carbocycles. The quantitative estimate of drug-likeness (QED) is 0.935. The van der Waals surface area contributed by atoms with Gasteiger partial charge in [-0.25, -0.2) is 4.98 Å². The largest absolute Gasteiger partial charge is 0.479 e. The molecule has 2 heterocycles. The van der Waals surface area contributed by atoms with Crippen LogP contribution in [0.5, 0.6) is 5.75 Å². The van der Waals surface area contributed by atoms with Crippen molar-refractivity contribution in [3.05, 3.63) is 28.1 Å². The number of benzene rings is 1. The third-order valence-corrected chi connectivity index (χ3v) is 4.77. The molecule has 1 aliphatic rings. The van der Waals surface area contributed by atoms with Crippen molar-refractivity contribution in [3.63, 3.8) is 0 Å². The van der Waals surface area contributed by atoms with Crippen molar-refractivity contribution in [1.82, 2.24) is 4.98 Å². The summed E-state index contributed by atoms with van der Waals surface area (Å²) in [6, 6.07) is 5.83. The van der Waals surface area contributed by atoms with Crippen LogP contribution < -0.4 is 9.64 Å². The smallest absolute Gasteiger partial charge is 0.267 e. The number of hydrogen-bond acceptors (Lipinski definition) is 5. The first-order chi connectivity index (χ1) is 11.0. The molecule has 1 atom stereocenters. The summed E-state index contributed by atoms with van der Waals surface area (Å²) in [4.78, 5) is 19.9. The lowest BCUT2D eigenvalue weighted by Crippen LogP contribution is -2.45. The van der Waals surface area contributed by atoms with Gasteiger partial charge in [-0.2, -0.15) is 0 Å². The van der Waals surface area contributed by atoms with Crippen LogP contribution in [0, 0.1) is 13.8 Å². The van der Waals surface area contributed by atoms with E-state index in [1.807, 2.05) is 32.0 Å². The lowest BCUT2D eigenvalue weighted by Gasteiger charge is -2.33. The number of aromatic nitrogens is 1. The number of ether oxygens (including phenoxy) is 1. The fourth-order valence-electron chi connectivity index (χ4n) is 2.81. The minimum absolute atomic E-state index is 0.0540. The molecule has 5 nitrogen and oxygen atoms in total. The molecule has 3 rings (SSSR count). The number of fused-ring (bicyclic) bond motifs is 1. The van der Waals surface area contributed by atoms with Gasteiger partial charge in [0.05, 0.1) is 16.4 Å². The van der Waals surface area contributed by atoms with Crippen molar-refractivity contribution >= 4 is 22.9 Å². The SMILES string of the molecule is Cc1nc(-c2ccc3c(c2)N(CCCO)C(=O)C(C)O3)c(C)s1. The zero-order valence-electron chi connectivity index (χ0n) is 13.5. The number of amides is 1. The summed E-state index contributed by atoms with van der Waals surface area (Å²) < 4.78 is 5.71. The molecule has 1 unspecified atom stereocenters. The molecule has 0 bridgehead atoms. The Labute approximate surface area is 139 Å². The van der Waals surface area contributed by atoms with E-state index in [1.54, 1.807) is 23.2 Å². The van der Waals surface area contributed by atoms with Gasteiger partial charge < -0.3 is 14.7 Å². The highest BCUT2D eigenvalue weighted by Gasteiger charge is 2.31. The van der Waals surface area contributed by atoms with E-state index in [9.17, 15) is 4.79 Å². The van der Waals surface area contributed by atoms with Gasteiger partial charge in [0.2, 0.25) is 0 Å². The summed E-state index contributed by atoms with van der Waals surface area (Å²) in [7, 11) is 0. The normalized spacial score (nSPS) is 17.1. The minimum Gasteiger partial charge on any atom is -0.479 e. The second-order valence-electron chi connectivity index (χ2n) is 5.65. The van der Waals surface area contributed by atoms with Crippen LogP contribution in [-0.2, 0) is 4.79 Å². The van der Waals surface area contributed by atoms with Gasteiger partial charge >= 0.3 is 0 Å². The van der Waals surface area contributed by atoms with Crippen LogP contribution in [0.3, 0.4) is 0 Å². The maximum absolute atomic E-state index is 12.4. The predicted molar refractivity (Wildman–Crippen MR) is 91.2 cm³/mol. The number of carbonyl (C=O) groups is 1. The third-order valence-electron chi connectivity index (χ3n) is 3.88. The van der Waals surface area contributed by atoms with Gasteiger partial charge in [0.15, 0.2) is 6.10 Å². The highest BCUT2D eigenvalue weighted by atomic mass is 32.1. The number of aliphatic hydroxyl groups is 1. The number of nitrogens with zero attached hydrogens (tertiary/aromatic N) is 2. The van der Waals surface area contributed by atoms with E-state index in [0.717, 1.165) is 26.8 Å². The van der Waals surface area contributed by atoms with Crippen LogP contribution in [0.4, 0.5) is 5.69 Å². The summed E-state index contributed by atoms with van der Waals surface area (Å²) in [5.41, 5.74) is 2.68. The number of aliphatic hydroxyl groups excluding tert-OH is 1. The molecule has 1 aromatic heterocycles. The highest BCUT2D eigenvalue weighted by Crippen LogP contribution is 2.38. The van der Waals surface area contributed by atoms with Gasteiger partial charge in [-0.1, -0.05) is 0 Å². The summed E-state index contributed by atoms with van der Waals surface area (Å²) in [5, 5.41) is 10.1. The number of carbonyl (C=O) groups excluding carboxylic acids is 1. The maximum Gasteiger partial charge on any atom is 0.267 e. The van der Waals surface area contributed by atoms with E-state index in [0.29, 0.717) is 18.7 Å². The molecule has 1 aliphatic heterocycles. The van der Waals surface area contributed by atoms with Gasteiger partial charge in [-0.05, 0) is 45.4 Å². The van der Waals surface area contributed by atoms with Crippen LogP contribution in [0.15, 0.2) is 18.2 Å². The summed E-state index contributed by atoms with van der Waals surface area (Å²) in [6.07, 6.45) is 0.0343. The fourth-order valence-corrected chi connectivity index (χ4v) is 3.65. The third kappa shape index (κ3) is 2.96. The lowest BCUT2D eigenvalue weighted by atomic mass is 10.1. The molecule has 122 valence electrons. The molecule has 0 fully saturated rings. The van der Waals surface area contributed by atoms with Crippen molar-refractivity contribution in [3.8, 4) is 17.0 Å². The molecule has 0 radical (unpaired) electrons. The molecule has 6 heteroatoms. The van der Waals surface area contributed by atoms with E-state index in [1.165, 1.54) is 0 Å². The summed E-state index contributed by atoms with van der Waals surface area (Å²) >= 11 is 1.66. The van der Waals surface area contributed by atoms with E-state index in [-0.39, 0.29) is 12.5 Å². The van der Waals surface area contributed by atoms with Crippen molar-refractivity contribution < 1.29 is 14.6 Å². The Bertz CT molecular complexity index is 741. The Balaban J connectivity index is 2.04. The van der Waals surface area contributed by atoms with Gasteiger partial charge in [0.25, 0.3) is 5.91 Å². The second-order valence-corrected chi connectivity index (χ2v) is 7.05. The first-order valence-electron chi connectivity index (χ1n) is 7.68.